The molecule has 3 heteroatoms. The lowest BCUT2D eigenvalue weighted by atomic mass is 10.1. The third kappa shape index (κ3) is 3.08. The van der Waals surface area contributed by atoms with E-state index in [0.717, 1.165) is 12.3 Å². The number of benzene rings is 1. The minimum Gasteiger partial charge on any atom is -0.493 e. The van der Waals surface area contributed by atoms with E-state index in [1.807, 2.05) is 55.7 Å². The predicted molar refractivity (Wildman–Crippen MR) is 68.1 cm³/mol. The Kier molecular flexibility index (Phi) is 3.93. The van der Waals surface area contributed by atoms with Crippen LogP contribution in [0, 0.1) is 11.3 Å². The van der Waals surface area contributed by atoms with Crippen molar-refractivity contribution in [1.82, 2.24) is 0 Å². The van der Waals surface area contributed by atoms with Gasteiger partial charge in [0.05, 0.1) is 18.2 Å². The van der Waals surface area contributed by atoms with E-state index in [4.69, 9.17) is 10.00 Å². The summed E-state index contributed by atoms with van der Waals surface area (Å²) in [4.78, 5) is 0. The standard InChI is InChI=1S/C15H15N2O/c1-2-18-15-7-9-17(10-8-15)12-14-5-3-13(11-16)4-6-14/h3-10H,2,12H2,1H3/q+1. The summed E-state index contributed by atoms with van der Waals surface area (Å²) in [6, 6.07) is 13.6. The van der Waals surface area contributed by atoms with Crippen molar-refractivity contribution in [3.63, 3.8) is 0 Å². The van der Waals surface area contributed by atoms with E-state index in [1.165, 1.54) is 5.56 Å². The number of aromatic nitrogens is 1. The summed E-state index contributed by atoms with van der Waals surface area (Å²) >= 11 is 0. The van der Waals surface area contributed by atoms with Crippen molar-refractivity contribution in [2.24, 2.45) is 0 Å². The van der Waals surface area contributed by atoms with E-state index in [-0.39, 0.29) is 0 Å². The van der Waals surface area contributed by atoms with Crippen molar-refractivity contribution in [2.45, 2.75) is 13.5 Å². The zero-order valence-corrected chi connectivity index (χ0v) is 10.3. The number of nitrogens with zero attached hydrogens (tertiary/aromatic N) is 2. The smallest absolute Gasteiger partial charge is 0.173 e. The van der Waals surface area contributed by atoms with E-state index >= 15 is 0 Å². The first-order chi connectivity index (χ1) is 8.81. The van der Waals surface area contributed by atoms with Gasteiger partial charge in [-0.15, -0.1) is 0 Å². The molecule has 0 atom stereocenters. The van der Waals surface area contributed by atoms with Crippen molar-refractivity contribution in [3.8, 4) is 11.8 Å². The lowest BCUT2D eigenvalue weighted by molar-refractivity contribution is -0.688. The van der Waals surface area contributed by atoms with Gasteiger partial charge in [0.1, 0.15) is 5.75 Å². The van der Waals surface area contributed by atoms with Crippen molar-refractivity contribution in [1.29, 1.82) is 5.26 Å². The van der Waals surface area contributed by atoms with Crippen LogP contribution in [0.3, 0.4) is 0 Å². The zero-order chi connectivity index (χ0) is 12.8. The zero-order valence-electron chi connectivity index (χ0n) is 10.3. The minimum atomic E-state index is 0.680. The second-order valence-corrected chi connectivity index (χ2v) is 3.95. The Balaban J connectivity index is 2.06. The molecule has 0 fully saturated rings. The molecule has 0 radical (unpaired) electrons. The van der Waals surface area contributed by atoms with Crippen LogP contribution in [0.2, 0.25) is 0 Å². The first-order valence-corrected chi connectivity index (χ1v) is 5.93. The monoisotopic (exact) mass is 239 g/mol. The van der Waals surface area contributed by atoms with Gasteiger partial charge >= 0.3 is 0 Å². The van der Waals surface area contributed by atoms with Crippen LogP contribution in [0.15, 0.2) is 48.8 Å². The molecule has 18 heavy (non-hydrogen) atoms. The van der Waals surface area contributed by atoms with Gasteiger partial charge in [-0.2, -0.15) is 5.26 Å². The summed E-state index contributed by atoms with van der Waals surface area (Å²) in [6.07, 6.45) is 3.98. The molecule has 0 saturated carbocycles. The number of pyridine rings is 1. The van der Waals surface area contributed by atoms with E-state index in [0.29, 0.717) is 12.2 Å². The number of hydrogen-bond donors (Lipinski definition) is 0. The highest BCUT2D eigenvalue weighted by Crippen LogP contribution is 2.07. The Morgan fingerprint density at radius 3 is 2.33 bits per heavy atom. The first kappa shape index (κ1) is 12.1. The molecule has 1 aromatic carbocycles. The average molecular weight is 239 g/mol. The highest BCUT2D eigenvalue weighted by molar-refractivity contribution is 5.31. The summed E-state index contributed by atoms with van der Waals surface area (Å²) in [5.74, 6) is 0.883. The molecule has 1 heterocycles. The quantitative estimate of drug-likeness (QED) is 0.768. The molecule has 1 aromatic heterocycles. The number of hydrogen-bond acceptors (Lipinski definition) is 2. The minimum absolute atomic E-state index is 0.680. The summed E-state index contributed by atoms with van der Waals surface area (Å²) in [7, 11) is 0. The Labute approximate surface area is 107 Å². The van der Waals surface area contributed by atoms with Crippen molar-refractivity contribution >= 4 is 0 Å². The normalized spacial score (nSPS) is 9.78. The molecule has 0 amide bonds. The highest BCUT2D eigenvalue weighted by Gasteiger charge is 2.03. The molecule has 2 rings (SSSR count). The molecule has 0 saturated heterocycles. The number of rotatable bonds is 4. The van der Waals surface area contributed by atoms with Gasteiger partial charge in [0, 0.05) is 17.7 Å². The molecule has 0 aliphatic carbocycles. The molecule has 0 aliphatic rings. The second kappa shape index (κ2) is 5.83. The van der Waals surface area contributed by atoms with Gasteiger partial charge in [-0.25, -0.2) is 4.57 Å². The lowest BCUT2D eigenvalue weighted by Crippen LogP contribution is -2.32. The third-order valence-corrected chi connectivity index (χ3v) is 2.62. The van der Waals surface area contributed by atoms with Crippen LogP contribution < -0.4 is 9.30 Å². The Hall–Kier alpha value is -2.34. The maximum Gasteiger partial charge on any atom is 0.173 e. The van der Waals surface area contributed by atoms with E-state index < -0.39 is 0 Å². The summed E-state index contributed by atoms with van der Waals surface area (Å²) in [5, 5.41) is 8.73. The molecule has 2 aromatic rings. The molecular weight excluding hydrogens is 224 g/mol. The van der Waals surface area contributed by atoms with Gasteiger partial charge in [0.25, 0.3) is 0 Å². The van der Waals surface area contributed by atoms with Crippen molar-refractivity contribution in [2.75, 3.05) is 6.61 Å². The molecular formula is C15H15N2O+. The fourth-order valence-electron chi connectivity index (χ4n) is 1.71. The first-order valence-electron chi connectivity index (χ1n) is 5.93. The van der Waals surface area contributed by atoms with Gasteiger partial charge in [-0.3, -0.25) is 0 Å². The Morgan fingerprint density at radius 1 is 1.11 bits per heavy atom. The Morgan fingerprint density at radius 2 is 1.78 bits per heavy atom. The van der Waals surface area contributed by atoms with Crippen LogP contribution in [-0.2, 0) is 6.54 Å². The van der Waals surface area contributed by atoms with Crippen LogP contribution in [0.25, 0.3) is 0 Å². The maximum atomic E-state index is 8.73. The van der Waals surface area contributed by atoms with E-state index in [2.05, 4.69) is 10.6 Å². The molecule has 3 nitrogen and oxygen atoms in total. The fourth-order valence-corrected chi connectivity index (χ4v) is 1.71. The molecule has 0 bridgehead atoms. The molecule has 0 N–H and O–H groups in total. The molecule has 0 aliphatic heterocycles. The SMILES string of the molecule is CCOc1cc[n+](Cc2ccc(C#N)cc2)cc1. The average Bonchev–Trinajstić information content (AvgIpc) is 2.42. The fraction of sp³-hybridized carbons (Fsp3) is 0.200. The largest absolute Gasteiger partial charge is 0.493 e. The maximum absolute atomic E-state index is 8.73. The van der Waals surface area contributed by atoms with Crippen LogP contribution in [0.1, 0.15) is 18.1 Å². The topological polar surface area (TPSA) is 36.9 Å². The van der Waals surface area contributed by atoms with Crippen LogP contribution >= 0.6 is 0 Å². The molecule has 90 valence electrons. The van der Waals surface area contributed by atoms with Crippen LogP contribution in [0.4, 0.5) is 0 Å². The summed E-state index contributed by atoms with van der Waals surface area (Å²) < 4.78 is 7.47. The summed E-state index contributed by atoms with van der Waals surface area (Å²) in [5.41, 5.74) is 1.86. The Bertz CT molecular complexity index is 538. The second-order valence-electron chi connectivity index (χ2n) is 3.95. The van der Waals surface area contributed by atoms with E-state index in [1.54, 1.807) is 0 Å². The third-order valence-electron chi connectivity index (χ3n) is 2.62. The van der Waals surface area contributed by atoms with Crippen LogP contribution in [-0.4, -0.2) is 6.61 Å². The summed E-state index contributed by atoms with van der Waals surface area (Å²) in [6.45, 7) is 3.44. The molecule has 0 unspecified atom stereocenters. The lowest BCUT2D eigenvalue weighted by Gasteiger charge is -2.01. The number of nitriles is 1. The van der Waals surface area contributed by atoms with Gasteiger partial charge in [0.2, 0.25) is 0 Å². The predicted octanol–water partition coefficient (Wildman–Crippen LogP) is 2.29. The van der Waals surface area contributed by atoms with Gasteiger partial charge in [0.15, 0.2) is 18.9 Å². The molecule has 0 spiro atoms. The van der Waals surface area contributed by atoms with E-state index in [9.17, 15) is 0 Å². The van der Waals surface area contributed by atoms with Gasteiger partial charge < -0.3 is 4.74 Å². The van der Waals surface area contributed by atoms with Gasteiger partial charge in [-0.05, 0) is 19.1 Å². The van der Waals surface area contributed by atoms with Crippen LogP contribution in [0.5, 0.6) is 5.75 Å². The van der Waals surface area contributed by atoms with Gasteiger partial charge in [-0.1, -0.05) is 12.1 Å². The van der Waals surface area contributed by atoms with Crippen molar-refractivity contribution in [3.05, 3.63) is 59.9 Å². The van der Waals surface area contributed by atoms with Crippen molar-refractivity contribution < 1.29 is 9.30 Å². The highest BCUT2D eigenvalue weighted by atomic mass is 16.5. The number of ether oxygens (including phenoxy) is 1.